The number of aromatic hydroxyl groups is 1. The summed E-state index contributed by atoms with van der Waals surface area (Å²) in [6.45, 7) is 2.78. The van der Waals surface area contributed by atoms with Gasteiger partial charge in [-0.15, -0.1) is 9.24 Å². The van der Waals surface area contributed by atoms with Crippen molar-refractivity contribution < 1.29 is 14.3 Å². The van der Waals surface area contributed by atoms with Crippen LogP contribution in [0.15, 0.2) is 59.5 Å². The third kappa shape index (κ3) is 5.56. The van der Waals surface area contributed by atoms with Crippen LogP contribution in [0.1, 0.15) is 47.3 Å². The summed E-state index contributed by atoms with van der Waals surface area (Å²) in [5.41, 5.74) is 1.07. The molecule has 0 aliphatic heterocycles. The zero-order valence-electron chi connectivity index (χ0n) is 17.2. The highest BCUT2D eigenvalue weighted by Crippen LogP contribution is 2.29. The topological polar surface area (TPSA) is 86.3 Å². The van der Waals surface area contributed by atoms with Crippen LogP contribution < -0.4 is 10.7 Å². The van der Waals surface area contributed by atoms with Crippen molar-refractivity contribution in [1.82, 2.24) is 15.1 Å². The van der Waals surface area contributed by atoms with E-state index in [1.165, 1.54) is 12.1 Å². The molecule has 0 aliphatic carbocycles. The number of aromatic nitrogens is 2. The Bertz CT molecular complexity index is 1100. The van der Waals surface area contributed by atoms with Gasteiger partial charge < -0.3 is 10.0 Å². The molecule has 8 heteroatoms. The number of benzene rings is 2. The Labute approximate surface area is 182 Å². The van der Waals surface area contributed by atoms with Crippen molar-refractivity contribution in [2.45, 2.75) is 25.7 Å². The summed E-state index contributed by atoms with van der Waals surface area (Å²) in [6.07, 6.45) is 2.21. The molecule has 3 aromatic rings. The van der Waals surface area contributed by atoms with Gasteiger partial charge in [0.05, 0.1) is 6.20 Å². The van der Waals surface area contributed by atoms with Crippen LogP contribution in [-0.4, -0.2) is 39.2 Å². The number of H-pyrrole nitrogens is 1. The molecule has 2 aromatic carbocycles. The average molecular weight is 441 g/mol. The Morgan fingerprint density at radius 2 is 1.94 bits per heavy atom. The maximum absolute atomic E-state index is 13.5. The van der Waals surface area contributed by atoms with Gasteiger partial charge in [0.2, 0.25) is 5.43 Å². The Kier molecular flexibility index (Phi) is 7.53. The summed E-state index contributed by atoms with van der Waals surface area (Å²) < 4.78 is 13.5. The molecule has 1 amide bonds. The molecule has 2 unspecified atom stereocenters. The van der Waals surface area contributed by atoms with Crippen molar-refractivity contribution in [2.24, 2.45) is 0 Å². The number of nitrogens with one attached hydrogen (secondary N) is 1. The Morgan fingerprint density at radius 3 is 2.61 bits per heavy atom. The predicted molar refractivity (Wildman–Crippen MR) is 121 cm³/mol. The first-order chi connectivity index (χ1) is 14.9. The van der Waals surface area contributed by atoms with E-state index in [0.29, 0.717) is 25.9 Å². The van der Waals surface area contributed by atoms with Crippen molar-refractivity contribution in [2.75, 3.05) is 13.1 Å². The van der Waals surface area contributed by atoms with E-state index in [2.05, 4.69) is 25.5 Å². The van der Waals surface area contributed by atoms with Gasteiger partial charge in [-0.3, -0.25) is 14.7 Å². The highest BCUT2D eigenvalue weighted by molar-refractivity contribution is 7.27. The SMILES string of the molecule is CCCN(CCC(c1ccc(F)cc1)c1cccc(P)c1)C(=O)c1[nH]ncc(=O)c1O. The van der Waals surface area contributed by atoms with Gasteiger partial charge in [-0.1, -0.05) is 43.3 Å². The van der Waals surface area contributed by atoms with E-state index in [-0.39, 0.29) is 17.4 Å². The van der Waals surface area contributed by atoms with Gasteiger partial charge in [0.15, 0.2) is 11.4 Å². The highest BCUT2D eigenvalue weighted by Gasteiger charge is 2.23. The molecule has 2 atom stereocenters. The maximum Gasteiger partial charge on any atom is 0.275 e. The van der Waals surface area contributed by atoms with Gasteiger partial charge in [0.1, 0.15) is 5.82 Å². The number of hydrogen-bond acceptors (Lipinski definition) is 4. The van der Waals surface area contributed by atoms with Crippen LogP contribution in [0.3, 0.4) is 0 Å². The van der Waals surface area contributed by atoms with Gasteiger partial charge in [-0.2, -0.15) is 5.10 Å². The number of carbonyl (C=O) groups is 1. The van der Waals surface area contributed by atoms with Crippen molar-refractivity contribution >= 4 is 20.5 Å². The van der Waals surface area contributed by atoms with Gasteiger partial charge in [-0.25, -0.2) is 4.39 Å². The van der Waals surface area contributed by atoms with E-state index in [9.17, 15) is 19.1 Å². The molecule has 0 radical (unpaired) electrons. The number of rotatable bonds is 8. The molecule has 31 heavy (non-hydrogen) atoms. The second-order valence-electron chi connectivity index (χ2n) is 7.31. The first kappa shape index (κ1) is 22.6. The van der Waals surface area contributed by atoms with E-state index in [0.717, 1.165) is 22.6 Å². The van der Waals surface area contributed by atoms with Crippen LogP contribution in [0.5, 0.6) is 5.75 Å². The van der Waals surface area contributed by atoms with Crippen LogP contribution >= 0.6 is 9.24 Å². The van der Waals surface area contributed by atoms with Crippen molar-refractivity contribution in [3.05, 3.63) is 87.6 Å². The number of nitrogens with zero attached hydrogens (tertiary/aromatic N) is 2. The van der Waals surface area contributed by atoms with Crippen LogP contribution in [0.2, 0.25) is 0 Å². The summed E-state index contributed by atoms with van der Waals surface area (Å²) in [5.74, 6) is -1.48. The molecular weight excluding hydrogens is 416 g/mol. The number of halogens is 1. The van der Waals surface area contributed by atoms with Crippen LogP contribution in [0, 0.1) is 5.82 Å². The van der Waals surface area contributed by atoms with Crippen molar-refractivity contribution in [3.8, 4) is 5.75 Å². The largest absolute Gasteiger partial charge is 0.502 e. The predicted octanol–water partition coefficient (Wildman–Crippen LogP) is 3.19. The minimum absolute atomic E-state index is 0.0604. The van der Waals surface area contributed by atoms with Crippen LogP contribution in [0.4, 0.5) is 4.39 Å². The first-order valence-electron chi connectivity index (χ1n) is 10.1. The lowest BCUT2D eigenvalue weighted by Crippen LogP contribution is -2.35. The van der Waals surface area contributed by atoms with E-state index in [4.69, 9.17) is 0 Å². The van der Waals surface area contributed by atoms with Gasteiger partial charge in [-0.05, 0) is 41.4 Å². The van der Waals surface area contributed by atoms with Gasteiger partial charge in [0.25, 0.3) is 5.91 Å². The fourth-order valence-corrected chi connectivity index (χ4v) is 3.87. The Balaban J connectivity index is 1.88. The first-order valence-corrected chi connectivity index (χ1v) is 10.6. The molecule has 0 aliphatic rings. The minimum Gasteiger partial charge on any atom is -0.502 e. The number of hydrogen-bond donors (Lipinski definition) is 2. The van der Waals surface area contributed by atoms with Gasteiger partial charge in [0, 0.05) is 19.0 Å². The number of amides is 1. The summed E-state index contributed by atoms with van der Waals surface area (Å²) in [5, 5.41) is 17.1. The molecule has 0 fully saturated rings. The second kappa shape index (κ2) is 10.3. The monoisotopic (exact) mass is 441 g/mol. The van der Waals surface area contributed by atoms with E-state index in [1.54, 1.807) is 17.0 Å². The highest BCUT2D eigenvalue weighted by atomic mass is 31.0. The smallest absolute Gasteiger partial charge is 0.275 e. The summed E-state index contributed by atoms with van der Waals surface area (Å²) >= 11 is 0. The molecule has 0 saturated carbocycles. The quantitative estimate of drug-likeness (QED) is 0.526. The molecule has 0 spiro atoms. The molecule has 2 N–H and O–H groups in total. The normalized spacial score (nSPS) is 11.8. The number of aromatic amines is 1. The Morgan fingerprint density at radius 1 is 1.19 bits per heavy atom. The molecule has 6 nitrogen and oxygen atoms in total. The standard InChI is InChI=1S/C23H25FN3O3P/c1-2-11-27(23(30)21-22(29)20(28)14-25-26-21)12-10-19(15-6-8-17(24)9-7-15)16-4-3-5-18(31)13-16/h3-9,13-14,19H,2,10-12,31H2,1H3,(H,25,29)(H,26,28). The van der Waals surface area contributed by atoms with E-state index < -0.39 is 17.1 Å². The zero-order valence-corrected chi connectivity index (χ0v) is 18.4. The molecule has 162 valence electrons. The Hall–Kier alpha value is -3.05. The van der Waals surface area contributed by atoms with Gasteiger partial charge >= 0.3 is 0 Å². The molecule has 3 rings (SSSR count). The lowest BCUT2D eigenvalue weighted by molar-refractivity contribution is 0.0741. The van der Waals surface area contributed by atoms with Crippen molar-refractivity contribution in [3.63, 3.8) is 0 Å². The minimum atomic E-state index is -0.708. The van der Waals surface area contributed by atoms with E-state index >= 15 is 0 Å². The molecule has 0 bridgehead atoms. The molecule has 0 saturated heterocycles. The number of carbonyl (C=O) groups excluding carboxylic acids is 1. The second-order valence-corrected chi connectivity index (χ2v) is 7.98. The fraction of sp³-hybridized carbons (Fsp3) is 0.261. The lowest BCUT2D eigenvalue weighted by Gasteiger charge is -2.26. The summed E-state index contributed by atoms with van der Waals surface area (Å²) in [6, 6.07) is 14.4. The fourth-order valence-electron chi connectivity index (χ4n) is 3.57. The lowest BCUT2D eigenvalue weighted by atomic mass is 9.88. The third-order valence-electron chi connectivity index (χ3n) is 5.10. The summed E-state index contributed by atoms with van der Waals surface area (Å²) in [4.78, 5) is 26.3. The van der Waals surface area contributed by atoms with Crippen LogP contribution in [0.25, 0.3) is 0 Å². The zero-order chi connectivity index (χ0) is 22.4. The summed E-state index contributed by atoms with van der Waals surface area (Å²) in [7, 11) is 2.67. The average Bonchev–Trinajstić information content (AvgIpc) is 2.76. The maximum atomic E-state index is 13.5. The van der Waals surface area contributed by atoms with E-state index in [1.807, 2.05) is 25.1 Å². The molecule has 1 heterocycles. The third-order valence-corrected chi connectivity index (χ3v) is 5.46. The van der Waals surface area contributed by atoms with Crippen LogP contribution in [-0.2, 0) is 0 Å². The molecule has 1 aromatic heterocycles. The van der Waals surface area contributed by atoms with Crippen molar-refractivity contribution in [1.29, 1.82) is 0 Å². The molecular formula is C23H25FN3O3P.